The highest BCUT2D eigenvalue weighted by atomic mass is 32.2. The maximum atomic E-state index is 13.8. The molecule has 128 valence electrons. The van der Waals surface area contributed by atoms with E-state index in [1.165, 1.54) is 24.1 Å². The Balaban J connectivity index is 2.14. The van der Waals surface area contributed by atoms with E-state index in [2.05, 4.69) is 5.32 Å². The highest BCUT2D eigenvalue weighted by molar-refractivity contribution is 7.91. The Kier molecular flexibility index (Phi) is 5.13. The Bertz CT molecular complexity index is 706. The molecule has 1 aliphatic heterocycles. The van der Waals surface area contributed by atoms with Gasteiger partial charge in [-0.3, -0.25) is 0 Å². The minimum absolute atomic E-state index is 0.0548. The first-order valence-electron chi connectivity index (χ1n) is 7.32. The molecule has 1 N–H and O–H groups in total. The number of methoxy groups -OCH3 is 1. The van der Waals surface area contributed by atoms with Crippen LogP contribution in [0.15, 0.2) is 12.1 Å². The summed E-state index contributed by atoms with van der Waals surface area (Å²) in [6.07, 6.45) is 0. The van der Waals surface area contributed by atoms with Gasteiger partial charge >= 0.3 is 6.03 Å². The van der Waals surface area contributed by atoms with Crippen LogP contribution in [0, 0.1) is 18.7 Å². The normalized spacial score (nSPS) is 20.7. The summed E-state index contributed by atoms with van der Waals surface area (Å²) in [7, 11) is -1.76. The van der Waals surface area contributed by atoms with Crippen molar-refractivity contribution in [2.45, 2.75) is 13.8 Å². The first-order valence-corrected chi connectivity index (χ1v) is 9.14. The third-order valence-electron chi connectivity index (χ3n) is 3.77. The zero-order chi connectivity index (χ0) is 17.2. The summed E-state index contributed by atoms with van der Waals surface area (Å²) >= 11 is 0. The first kappa shape index (κ1) is 17.5. The second-order valence-electron chi connectivity index (χ2n) is 5.90. The van der Waals surface area contributed by atoms with Crippen LogP contribution in [0.5, 0.6) is 5.75 Å². The van der Waals surface area contributed by atoms with Crippen LogP contribution < -0.4 is 10.1 Å². The fourth-order valence-corrected chi connectivity index (χ4v) is 4.25. The zero-order valence-corrected chi connectivity index (χ0v) is 14.2. The molecule has 0 spiro atoms. The highest BCUT2D eigenvalue weighted by Crippen LogP contribution is 2.25. The molecule has 2 rings (SSSR count). The smallest absolute Gasteiger partial charge is 0.321 e. The van der Waals surface area contributed by atoms with Gasteiger partial charge in [-0.05, 0) is 24.5 Å². The molecule has 1 heterocycles. The van der Waals surface area contributed by atoms with E-state index in [0.717, 1.165) is 0 Å². The van der Waals surface area contributed by atoms with Gasteiger partial charge in [0, 0.05) is 24.8 Å². The van der Waals surface area contributed by atoms with Crippen LogP contribution in [0.1, 0.15) is 12.5 Å². The minimum atomic E-state index is -3.13. The number of halogens is 1. The Morgan fingerprint density at radius 2 is 2.13 bits per heavy atom. The SMILES string of the molecule is COc1cc(C)c(NC(=O)N2CCS(=O)(=O)C[C@@H](C)C2)cc1F. The van der Waals surface area contributed by atoms with E-state index in [1.807, 2.05) is 0 Å². The van der Waals surface area contributed by atoms with Gasteiger partial charge in [-0.15, -0.1) is 0 Å². The number of hydrogen-bond acceptors (Lipinski definition) is 4. The van der Waals surface area contributed by atoms with Crippen molar-refractivity contribution in [3.8, 4) is 5.75 Å². The van der Waals surface area contributed by atoms with Gasteiger partial charge in [-0.25, -0.2) is 17.6 Å². The van der Waals surface area contributed by atoms with E-state index in [-0.39, 0.29) is 29.7 Å². The van der Waals surface area contributed by atoms with E-state index in [1.54, 1.807) is 13.8 Å². The van der Waals surface area contributed by atoms with E-state index in [4.69, 9.17) is 4.74 Å². The zero-order valence-electron chi connectivity index (χ0n) is 13.4. The molecule has 0 radical (unpaired) electrons. The topological polar surface area (TPSA) is 75.7 Å². The average molecular weight is 344 g/mol. The molecular formula is C15H21FN2O4S. The molecular weight excluding hydrogens is 323 g/mol. The number of carbonyl (C=O) groups is 1. The lowest BCUT2D eigenvalue weighted by Crippen LogP contribution is -2.38. The summed E-state index contributed by atoms with van der Waals surface area (Å²) < 4.78 is 42.2. The summed E-state index contributed by atoms with van der Waals surface area (Å²) in [6, 6.07) is 2.27. The molecule has 0 aromatic heterocycles. The van der Waals surface area contributed by atoms with E-state index in [0.29, 0.717) is 17.8 Å². The summed E-state index contributed by atoms with van der Waals surface area (Å²) in [5, 5.41) is 2.64. The largest absolute Gasteiger partial charge is 0.494 e. The molecule has 23 heavy (non-hydrogen) atoms. The van der Waals surface area contributed by atoms with Crippen molar-refractivity contribution in [2.24, 2.45) is 5.92 Å². The van der Waals surface area contributed by atoms with E-state index in [9.17, 15) is 17.6 Å². The Labute approximate surface area is 135 Å². The van der Waals surface area contributed by atoms with Crippen LogP contribution in [-0.2, 0) is 9.84 Å². The fourth-order valence-electron chi connectivity index (χ4n) is 2.61. The summed E-state index contributed by atoms with van der Waals surface area (Å²) in [6.45, 7) is 4.01. The molecule has 8 heteroatoms. The molecule has 0 aliphatic carbocycles. The molecule has 1 fully saturated rings. The standard InChI is InChI=1S/C15H21FN2O4S/c1-10-8-18(4-5-23(20,21)9-10)15(19)17-13-7-12(16)14(22-3)6-11(13)2/h6-7,10H,4-5,8-9H2,1-3H3,(H,17,19)/t10-/m0/s1. The molecule has 1 saturated heterocycles. The number of sulfone groups is 1. The second-order valence-corrected chi connectivity index (χ2v) is 8.13. The number of carbonyl (C=O) groups excluding carboxylic acids is 1. The van der Waals surface area contributed by atoms with Crippen molar-refractivity contribution in [2.75, 3.05) is 37.0 Å². The second kappa shape index (κ2) is 6.74. The number of aryl methyl sites for hydroxylation is 1. The lowest BCUT2D eigenvalue weighted by Gasteiger charge is -2.23. The van der Waals surface area contributed by atoms with Gasteiger partial charge in [0.1, 0.15) is 0 Å². The number of rotatable bonds is 2. The fraction of sp³-hybridized carbons (Fsp3) is 0.533. The summed E-state index contributed by atoms with van der Waals surface area (Å²) in [4.78, 5) is 13.8. The van der Waals surface area contributed by atoms with Crippen LogP contribution in [-0.4, -0.2) is 51.1 Å². The van der Waals surface area contributed by atoms with Crippen molar-refractivity contribution in [1.82, 2.24) is 4.90 Å². The molecule has 1 atom stereocenters. The van der Waals surface area contributed by atoms with Crippen LogP contribution in [0.3, 0.4) is 0 Å². The molecule has 1 aromatic rings. The minimum Gasteiger partial charge on any atom is -0.494 e. The number of ether oxygens (including phenoxy) is 1. The first-order chi connectivity index (χ1) is 10.7. The van der Waals surface area contributed by atoms with Crippen molar-refractivity contribution >= 4 is 21.6 Å². The van der Waals surface area contributed by atoms with Crippen molar-refractivity contribution < 1.29 is 22.3 Å². The summed E-state index contributed by atoms with van der Waals surface area (Å²) in [5.74, 6) is -0.578. The van der Waals surface area contributed by atoms with Crippen LogP contribution >= 0.6 is 0 Å². The number of hydrogen-bond donors (Lipinski definition) is 1. The van der Waals surface area contributed by atoms with Gasteiger partial charge < -0.3 is 15.0 Å². The van der Waals surface area contributed by atoms with E-state index >= 15 is 0 Å². The summed E-state index contributed by atoms with van der Waals surface area (Å²) in [5.41, 5.74) is 1.00. The van der Waals surface area contributed by atoms with Crippen LogP contribution in [0.2, 0.25) is 0 Å². The van der Waals surface area contributed by atoms with Crippen molar-refractivity contribution in [3.05, 3.63) is 23.5 Å². The number of urea groups is 1. The molecule has 2 amide bonds. The predicted molar refractivity (Wildman–Crippen MR) is 86.1 cm³/mol. The lowest BCUT2D eigenvalue weighted by atomic mass is 10.2. The van der Waals surface area contributed by atoms with Crippen LogP contribution in [0.25, 0.3) is 0 Å². The number of benzene rings is 1. The average Bonchev–Trinajstić information content (AvgIpc) is 2.59. The lowest BCUT2D eigenvalue weighted by molar-refractivity contribution is 0.210. The van der Waals surface area contributed by atoms with Crippen LogP contribution in [0.4, 0.5) is 14.9 Å². The Morgan fingerprint density at radius 1 is 1.43 bits per heavy atom. The Hall–Kier alpha value is -1.83. The van der Waals surface area contributed by atoms with E-state index < -0.39 is 21.7 Å². The number of anilines is 1. The molecule has 1 aliphatic rings. The predicted octanol–water partition coefficient (Wildman–Crippen LogP) is 2.04. The monoisotopic (exact) mass is 344 g/mol. The van der Waals surface area contributed by atoms with Gasteiger partial charge in [-0.1, -0.05) is 6.92 Å². The molecule has 6 nitrogen and oxygen atoms in total. The van der Waals surface area contributed by atoms with Crippen molar-refractivity contribution in [3.63, 3.8) is 0 Å². The quantitative estimate of drug-likeness (QED) is 0.891. The van der Waals surface area contributed by atoms with Gasteiger partial charge in [0.2, 0.25) is 0 Å². The maximum Gasteiger partial charge on any atom is 0.321 e. The molecule has 0 saturated carbocycles. The van der Waals surface area contributed by atoms with Gasteiger partial charge in [0.05, 0.1) is 18.6 Å². The van der Waals surface area contributed by atoms with Gasteiger partial charge in [0.15, 0.2) is 21.4 Å². The number of amides is 2. The van der Waals surface area contributed by atoms with Crippen molar-refractivity contribution in [1.29, 1.82) is 0 Å². The number of nitrogens with zero attached hydrogens (tertiary/aromatic N) is 1. The van der Waals surface area contributed by atoms with Gasteiger partial charge in [-0.2, -0.15) is 0 Å². The molecule has 0 unspecified atom stereocenters. The maximum absolute atomic E-state index is 13.8. The Morgan fingerprint density at radius 3 is 2.78 bits per heavy atom. The third kappa shape index (κ3) is 4.34. The highest BCUT2D eigenvalue weighted by Gasteiger charge is 2.27. The molecule has 1 aromatic carbocycles. The number of nitrogens with one attached hydrogen (secondary N) is 1. The third-order valence-corrected chi connectivity index (χ3v) is 5.65. The van der Waals surface area contributed by atoms with Gasteiger partial charge in [0.25, 0.3) is 0 Å². The molecule has 0 bridgehead atoms.